The van der Waals surface area contributed by atoms with Gasteiger partial charge >= 0.3 is 0 Å². The molecular weight excluding hydrogens is 318 g/mol. The van der Waals surface area contributed by atoms with Gasteiger partial charge in [-0.15, -0.1) is 0 Å². The summed E-state index contributed by atoms with van der Waals surface area (Å²) in [7, 11) is 1.52. The lowest BCUT2D eigenvalue weighted by atomic mass is 10.1. The number of hydrogen-bond donors (Lipinski definition) is 3. The minimum Gasteiger partial charge on any atom is -0.508 e. The fraction of sp³-hybridized carbons (Fsp3) is 0.105. The topological polar surface area (TPSA) is 79.0 Å². The Kier molecular flexibility index (Phi) is 3.57. The summed E-state index contributed by atoms with van der Waals surface area (Å²) < 4.78 is 7.13. The summed E-state index contributed by atoms with van der Waals surface area (Å²) in [5.74, 6) is 1.51. The van der Waals surface area contributed by atoms with Gasteiger partial charge in [0.15, 0.2) is 17.3 Å². The van der Waals surface area contributed by atoms with Crippen LogP contribution in [0.3, 0.4) is 0 Å². The number of fused-ring (bicyclic) bond motifs is 1. The summed E-state index contributed by atoms with van der Waals surface area (Å²) in [5.41, 5.74) is 3.62. The highest BCUT2D eigenvalue weighted by molar-refractivity contribution is 6.07. The van der Waals surface area contributed by atoms with Gasteiger partial charge in [0.2, 0.25) is 0 Å². The molecule has 1 aromatic heterocycles. The molecule has 3 N–H and O–H groups in total. The number of phenolic OH excluding ortho intramolecular Hbond substituents is 2. The lowest BCUT2D eigenvalue weighted by Gasteiger charge is -2.17. The maximum Gasteiger partial charge on any atom is 0.162 e. The van der Waals surface area contributed by atoms with Gasteiger partial charge in [0, 0.05) is 12.3 Å². The van der Waals surface area contributed by atoms with Crippen LogP contribution in [-0.2, 0) is 0 Å². The molecule has 1 aliphatic heterocycles. The first-order valence-electron chi connectivity index (χ1n) is 7.85. The number of ether oxygens (including phenoxy) is 1. The fourth-order valence-electron chi connectivity index (χ4n) is 2.87. The third-order valence-corrected chi connectivity index (χ3v) is 4.19. The first-order chi connectivity index (χ1) is 12.2. The molecule has 0 saturated heterocycles. The smallest absolute Gasteiger partial charge is 0.162 e. The predicted octanol–water partition coefficient (Wildman–Crippen LogP) is 3.44. The predicted molar refractivity (Wildman–Crippen MR) is 96.8 cm³/mol. The van der Waals surface area contributed by atoms with Crippen molar-refractivity contribution in [3.63, 3.8) is 0 Å². The molecule has 2 aromatic carbocycles. The normalized spacial score (nSPS) is 12.9. The van der Waals surface area contributed by atoms with Crippen LogP contribution in [0.2, 0.25) is 0 Å². The van der Waals surface area contributed by atoms with Crippen LogP contribution in [0.5, 0.6) is 17.2 Å². The van der Waals surface area contributed by atoms with Crippen LogP contribution in [0.25, 0.3) is 5.69 Å². The van der Waals surface area contributed by atoms with Crippen molar-refractivity contribution < 1.29 is 14.9 Å². The second kappa shape index (κ2) is 5.90. The number of hydrogen-bond acceptors (Lipinski definition) is 5. The first-order valence-corrected chi connectivity index (χ1v) is 7.85. The number of methoxy groups -OCH3 is 1. The summed E-state index contributed by atoms with van der Waals surface area (Å²) in [6.45, 7) is 0.612. The minimum atomic E-state index is 0.0960. The van der Waals surface area contributed by atoms with Crippen LogP contribution in [-0.4, -0.2) is 34.1 Å². The van der Waals surface area contributed by atoms with Crippen molar-refractivity contribution in [3.8, 4) is 22.9 Å². The maximum absolute atomic E-state index is 9.79. The van der Waals surface area contributed by atoms with Gasteiger partial charge in [-0.2, -0.15) is 0 Å². The molecule has 2 heterocycles. The zero-order valence-corrected chi connectivity index (χ0v) is 13.6. The van der Waals surface area contributed by atoms with E-state index in [1.54, 1.807) is 24.3 Å². The van der Waals surface area contributed by atoms with Gasteiger partial charge in [-0.3, -0.25) is 4.57 Å². The molecule has 4 rings (SSSR count). The Morgan fingerprint density at radius 1 is 1.08 bits per heavy atom. The Labute approximate surface area is 144 Å². The lowest BCUT2D eigenvalue weighted by molar-refractivity contribution is 0.373. The Morgan fingerprint density at radius 2 is 1.88 bits per heavy atom. The van der Waals surface area contributed by atoms with Gasteiger partial charge in [0.1, 0.15) is 5.75 Å². The number of aromatic nitrogens is 1. The number of rotatable bonds is 3. The molecule has 0 saturated carbocycles. The van der Waals surface area contributed by atoms with E-state index in [9.17, 15) is 10.2 Å². The number of benzene rings is 2. The van der Waals surface area contributed by atoms with Gasteiger partial charge in [-0.05, 0) is 48.0 Å². The number of phenols is 2. The van der Waals surface area contributed by atoms with E-state index in [1.807, 2.05) is 35.0 Å². The van der Waals surface area contributed by atoms with Gasteiger partial charge < -0.3 is 20.3 Å². The highest BCUT2D eigenvalue weighted by Gasteiger charge is 2.18. The molecule has 0 fully saturated rings. The lowest BCUT2D eigenvalue weighted by Crippen LogP contribution is -2.18. The van der Waals surface area contributed by atoms with E-state index in [0.29, 0.717) is 12.3 Å². The number of anilines is 1. The highest BCUT2D eigenvalue weighted by Crippen LogP contribution is 2.35. The van der Waals surface area contributed by atoms with Gasteiger partial charge in [-0.1, -0.05) is 0 Å². The van der Waals surface area contributed by atoms with Gasteiger partial charge in [0.25, 0.3) is 0 Å². The highest BCUT2D eigenvalue weighted by atomic mass is 16.5. The largest absolute Gasteiger partial charge is 0.508 e. The molecular formula is C19H17N3O3. The molecule has 1 aliphatic rings. The molecule has 6 nitrogen and oxygen atoms in total. The van der Waals surface area contributed by atoms with Crippen molar-refractivity contribution in [2.75, 3.05) is 19.0 Å². The van der Waals surface area contributed by atoms with E-state index in [0.717, 1.165) is 28.5 Å². The van der Waals surface area contributed by atoms with Crippen molar-refractivity contribution in [2.24, 2.45) is 4.99 Å². The second-order valence-corrected chi connectivity index (χ2v) is 5.74. The SMILES string of the molecule is COc1cc(-n2ccc3c2N=C(c2ccc(O)cc2)CN3)ccc1O. The molecule has 0 spiro atoms. The number of nitrogens with one attached hydrogen (secondary N) is 1. The Bertz CT molecular complexity index is 959. The van der Waals surface area contributed by atoms with Crippen LogP contribution in [0.4, 0.5) is 11.5 Å². The third kappa shape index (κ3) is 2.67. The zero-order valence-electron chi connectivity index (χ0n) is 13.6. The minimum absolute atomic E-state index is 0.0960. The van der Waals surface area contributed by atoms with Crippen LogP contribution in [0.15, 0.2) is 59.7 Å². The molecule has 0 amide bonds. The summed E-state index contributed by atoms with van der Waals surface area (Å²) in [5, 5.41) is 22.6. The Hall–Kier alpha value is -3.41. The standard InChI is InChI=1S/C19H17N3O3/c1-25-18-10-13(4-7-17(18)24)22-9-8-15-19(22)21-16(11-20-15)12-2-5-14(23)6-3-12/h2-10,20,23-24H,11H2,1H3. The molecule has 0 bridgehead atoms. The molecule has 0 unspecified atom stereocenters. The molecule has 0 aliphatic carbocycles. The van der Waals surface area contributed by atoms with Crippen molar-refractivity contribution in [1.82, 2.24) is 4.57 Å². The molecule has 126 valence electrons. The van der Waals surface area contributed by atoms with Gasteiger partial charge in [0.05, 0.1) is 30.7 Å². The zero-order chi connectivity index (χ0) is 17.4. The van der Waals surface area contributed by atoms with E-state index in [1.165, 1.54) is 7.11 Å². The first kappa shape index (κ1) is 15.1. The molecule has 0 atom stereocenters. The summed E-state index contributed by atoms with van der Waals surface area (Å²) in [4.78, 5) is 4.79. The van der Waals surface area contributed by atoms with Crippen LogP contribution in [0.1, 0.15) is 5.56 Å². The van der Waals surface area contributed by atoms with E-state index in [-0.39, 0.29) is 11.5 Å². The average molecular weight is 335 g/mol. The quantitative estimate of drug-likeness (QED) is 0.685. The summed E-state index contributed by atoms with van der Waals surface area (Å²) >= 11 is 0. The monoisotopic (exact) mass is 335 g/mol. The Morgan fingerprint density at radius 3 is 2.64 bits per heavy atom. The molecule has 0 radical (unpaired) electrons. The third-order valence-electron chi connectivity index (χ3n) is 4.19. The van der Waals surface area contributed by atoms with Crippen molar-refractivity contribution >= 4 is 17.2 Å². The van der Waals surface area contributed by atoms with Crippen LogP contribution >= 0.6 is 0 Å². The molecule has 3 aromatic rings. The number of aliphatic imine (C=N–C) groups is 1. The second-order valence-electron chi connectivity index (χ2n) is 5.74. The number of nitrogens with zero attached hydrogens (tertiary/aromatic N) is 2. The average Bonchev–Trinajstić information content (AvgIpc) is 3.06. The van der Waals surface area contributed by atoms with Crippen molar-refractivity contribution in [3.05, 3.63) is 60.3 Å². The Balaban J connectivity index is 1.78. The fourth-order valence-corrected chi connectivity index (χ4v) is 2.87. The van der Waals surface area contributed by atoms with Crippen molar-refractivity contribution in [1.29, 1.82) is 0 Å². The molecule has 6 heteroatoms. The van der Waals surface area contributed by atoms with E-state index >= 15 is 0 Å². The van der Waals surface area contributed by atoms with Crippen molar-refractivity contribution in [2.45, 2.75) is 0 Å². The van der Waals surface area contributed by atoms with E-state index in [2.05, 4.69) is 5.32 Å². The maximum atomic E-state index is 9.79. The van der Waals surface area contributed by atoms with Crippen LogP contribution in [0, 0.1) is 0 Å². The number of aromatic hydroxyl groups is 2. The summed E-state index contributed by atoms with van der Waals surface area (Å²) in [6, 6.07) is 14.1. The van der Waals surface area contributed by atoms with Crippen LogP contribution < -0.4 is 10.1 Å². The summed E-state index contributed by atoms with van der Waals surface area (Å²) in [6.07, 6.45) is 1.92. The van der Waals surface area contributed by atoms with Gasteiger partial charge in [-0.25, -0.2) is 4.99 Å². The van der Waals surface area contributed by atoms with E-state index < -0.39 is 0 Å². The van der Waals surface area contributed by atoms with E-state index in [4.69, 9.17) is 9.73 Å². The molecule has 25 heavy (non-hydrogen) atoms.